The molecule has 1 aromatic heterocycles. The summed E-state index contributed by atoms with van der Waals surface area (Å²) in [5.41, 5.74) is 5.83. The van der Waals surface area contributed by atoms with Gasteiger partial charge in [0.2, 0.25) is 0 Å². The quantitative estimate of drug-likeness (QED) is 0.308. The Labute approximate surface area is 172 Å². The van der Waals surface area contributed by atoms with E-state index in [4.69, 9.17) is 0 Å². The van der Waals surface area contributed by atoms with E-state index < -0.39 is 0 Å². The normalized spacial score (nSPS) is 11.0. The molecule has 0 aliphatic heterocycles. The van der Waals surface area contributed by atoms with Crippen molar-refractivity contribution in [3.63, 3.8) is 0 Å². The molecule has 0 radical (unpaired) electrons. The van der Waals surface area contributed by atoms with Crippen LogP contribution >= 0.6 is 27.3 Å². The maximum Gasteiger partial charge on any atom is 0.0704 e. The van der Waals surface area contributed by atoms with Crippen LogP contribution < -0.4 is 4.90 Å². The van der Waals surface area contributed by atoms with Crippen LogP contribution in [-0.4, -0.2) is 0 Å². The van der Waals surface area contributed by atoms with Crippen LogP contribution in [0.3, 0.4) is 0 Å². The molecule has 4 rings (SSSR count). The molecule has 0 aliphatic rings. The fourth-order valence-corrected chi connectivity index (χ4v) is 4.08. The van der Waals surface area contributed by atoms with Gasteiger partial charge in [0.15, 0.2) is 0 Å². The SMILES string of the molecule is Brc1cc(/C=C/c2ccc(N(c3ccccc3)c3ccccc3)cc2)cs1. The summed E-state index contributed by atoms with van der Waals surface area (Å²) in [6.45, 7) is 0. The Morgan fingerprint density at radius 2 is 1.15 bits per heavy atom. The predicted octanol–water partition coefficient (Wildman–Crippen LogP) is 8.15. The number of benzene rings is 3. The van der Waals surface area contributed by atoms with Crippen molar-refractivity contribution in [1.82, 2.24) is 0 Å². The predicted molar refractivity (Wildman–Crippen MR) is 122 cm³/mol. The first kappa shape index (κ1) is 17.8. The minimum atomic E-state index is 1.14. The van der Waals surface area contributed by atoms with Gasteiger partial charge in [-0.3, -0.25) is 0 Å². The van der Waals surface area contributed by atoms with Crippen LogP contribution in [0.5, 0.6) is 0 Å². The number of anilines is 3. The molecule has 1 heterocycles. The van der Waals surface area contributed by atoms with E-state index in [1.165, 1.54) is 11.1 Å². The number of hydrogen-bond acceptors (Lipinski definition) is 2. The molecular formula is C24H18BrNS. The third kappa shape index (κ3) is 4.38. The first-order valence-corrected chi connectivity index (χ1v) is 10.4. The molecule has 0 saturated heterocycles. The van der Waals surface area contributed by atoms with Gasteiger partial charge in [0, 0.05) is 17.1 Å². The van der Waals surface area contributed by atoms with Crippen molar-refractivity contribution >= 4 is 56.5 Å². The molecule has 0 fully saturated rings. The average molecular weight is 432 g/mol. The Hall–Kier alpha value is -2.62. The molecule has 27 heavy (non-hydrogen) atoms. The first-order chi connectivity index (χ1) is 13.3. The van der Waals surface area contributed by atoms with E-state index in [2.05, 4.69) is 117 Å². The zero-order chi connectivity index (χ0) is 18.5. The van der Waals surface area contributed by atoms with Crippen molar-refractivity contribution in [2.24, 2.45) is 0 Å². The van der Waals surface area contributed by atoms with E-state index in [1.807, 2.05) is 12.1 Å². The van der Waals surface area contributed by atoms with Gasteiger partial charge in [0.1, 0.15) is 0 Å². The summed E-state index contributed by atoms with van der Waals surface area (Å²) in [4.78, 5) is 2.27. The monoisotopic (exact) mass is 431 g/mol. The highest BCUT2D eigenvalue weighted by Crippen LogP contribution is 2.34. The zero-order valence-corrected chi connectivity index (χ0v) is 17.0. The van der Waals surface area contributed by atoms with E-state index >= 15 is 0 Å². The molecule has 0 saturated carbocycles. The van der Waals surface area contributed by atoms with Gasteiger partial charge < -0.3 is 4.90 Å². The van der Waals surface area contributed by atoms with Crippen molar-refractivity contribution in [2.45, 2.75) is 0 Å². The van der Waals surface area contributed by atoms with Crippen LogP contribution in [0.15, 0.2) is 100 Å². The molecule has 4 aromatic rings. The van der Waals surface area contributed by atoms with E-state index in [-0.39, 0.29) is 0 Å². The summed E-state index contributed by atoms with van der Waals surface area (Å²) in [7, 11) is 0. The second-order valence-electron chi connectivity index (χ2n) is 6.12. The Morgan fingerprint density at radius 1 is 0.630 bits per heavy atom. The fourth-order valence-electron chi connectivity index (χ4n) is 2.94. The Bertz CT molecular complexity index is 981. The van der Waals surface area contributed by atoms with Crippen LogP contribution in [0.2, 0.25) is 0 Å². The summed E-state index contributed by atoms with van der Waals surface area (Å²) in [6, 6.07) is 31.7. The van der Waals surface area contributed by atoms with Gasteiger partial charge in [-0.25, -0.2) is 0 Å². The number of rotatable bonds is 5. The standard InChI is InChI=1S/C24H18BrNS/c25-24-17-20(18-27-24)12-11-19-13-15-23(16-14-19)26(21-7-3-1-4-8-21)22-9-5-2-6-10-22/h1-18H/b12-11+. The summed E-state index contributed by atoms with van der Waals surface area (Å²) in [5, 5.41) is 2.14. The molecule has 3 heteroatoms. The van der Waals surface area contributed by atoms with Gasteiger partial charge in [-0.1, -0.05) is 60.7 Å². The second kappa shape index (κ2) is 8.38. The van der Waals surface area contributed by atoms with Crippen LogP contribution in [-0.2, 0) is 0 Å². The lowest BCUT2D eigenvalue weighted by Gasteiger charge is -2.25. The Kier molecular flexibility index (Phi) is 5.52. The molecule has 0 bridgehead atoms. The molecule has 0 atom stereocenters. The molecule has 0 N–H and O–H groups in total. The van der Waals surface area contributed by atoms with E-state index in [1.54, 1.807) is 11.3 Å². The summed E-state index contributed by atoms with van der Waals surface area (Å²) in [5.74, 6) is 0. The molecule has 1 nitrogen and oxygen atoms in total. The third-order valence-electron chi connectivity index (χ3n) is 4.24. The van der Waals surface area contributed by atoms with Gasteiger partial charge in [-0.05, 0) is 74.9 Å². The second-order valence-corrected chi connectivity index (χ2v) is 8.41. The van der Waals surface area contributed by atoms with E-state index in [0.717, 1.165) is 20.8 Å². The molecular weight excluding hydrogens is 414 g/mol. The Morgan fingerprint density at radius 3 is 1.67 bits per heavy atom. The van der Waals surface area contributed by atoms with Gasteiger partial charge in [0.05, 0.1) is 3.79 Å². The summed E-state index contributed by atoms with van der Waals surface area (Å²) in [6.07, 6.45) is 4.29. The number of thiophene rings is 1. The van der Waals surface area contributed by atoms with Crippen molar-refractivity contribution in [1.29, 1.82) is 0 Å². The average Bonchev–Trinajstić information content (AvgIpc) is 3.14. The number of hydrogen-bond donors (Lipinski definition) is 0. The topological polar surface area (TPSA) is 3.24 Å². The summed E-state index contributed by atoms with van der Waals surface area (Å²) >= 11 is 5.21. The third-order valence-corrected chi connectivity index (χ3v) is 5.76. The van der Waals surface area contributed by atoms with Gasteiger partial charge in [-0.15, -0.1) is 11.3 Å². The van der Waals surface area contributed by atoms with E-state index in [0.29, 0.717) is 0 Å². The minimum Gasteiger partial charge on any atom is -0.311 e. The van der Waals surface area contributed by atoms with Gasteiger partial charge >= 0.3 is 0 Å². The molecule has 3 aromatic carbocycles. The number of para-hydroxylation sites is 2. The van der Waals surface area contributed by atoms with E-state index in [9.17, 15) is 0 Å². The highest BCUT2D eigenvalue weighted by molar-refractivity contribution is 9.11. The number of nitrogens with zero attached hydrogens (tertiary/aromatic N) is 1. The molecule has 0 unspecified atom stereocenters. The maximum atomic E-state index is 3.51. The van der Waals surface area contributed by atoms with Crippen LogP contribution in [0.1, 0.15) is 11.1 Å². The highest BCUT2D eigenvalue weighted by atomic mass is 79.9. The molecule has 0 spiro atoms. The van der Waals surface area contributed by atoms with Crippen LogP contribution in [0.4, 0.5) is 17.1 Å². The molecule has 0 amide bonds. The smallest absolute Gasteiger partial charge is 0.0704 e. The Balaban J connectivity index is 1.64. The van der Waals surface area contributed by atoms with Gasteiger partial charge in [-0.2, -0.15) is 0 Å². The minimum absolute atomic E-state index is 1.14. The fraction of sp³-hybridized carbons (Fsp3) is 0. The van der Waals surface area contributed by atoms with Crippen molar-refractivity contribution in [3.05, 3.63) is 111 Å². The maximum absolute atomic E-state index is 3.51. The zero-order valence-electron chi connectivity index (χ0n) is 14.6. The van der Waals surface area contributed by atoms with Crippen molar-refractivity contribution in [2.75, 3.05) is 4.90 Å². The van der Waals surface area contributed by atoms with Gasteiger partial charge in [0.25, 0.3) is 0 Å². The number of halogens is 1. The lowest BCUT2D eigenvalue weighted by Crippen LogP contribution is -2.09. The first-order valence-electron chi connectivity index (χ1n) is 8.72. The lowest BCUT2D eigenvalue weighted by atomic mass is 10.1. The molecule has 0 aliphatic carbocycles. The van der Waals surface area contributed by atoms with Crippen molar-refractivity contribution in [3.8, 4) is 0 Å². The highest BCUT2D eigenvalue weighted by Gasteiger charge is 2.11. The van der Waals surface area contributed by atoms with Crippen LogP contribution in [0.25, 0.3) is 12.2 Å². The summed E-state index contributed by atoms with van der Waals surface area (Å²) < 4.78 is 1.15. The van der Waals surface area contributed by atoms with Crippen LogP contribution in [0, 0.1) is 0 Å². The lowest BCUT2D eigenvalue weighted by molar-refractivity contribution is 1.28. The van der Waals surface area contributed by atoms with Crippen molar-refractivity contribution < 1.29 is 0 Å². The molecule has 132 valence electrons. The largest absolute Gasteiger partial charge is 0.311 e.